The normalized spacial score (nSPS) is 17.1. The van der Waals surface area contributed by atoms with E-state index in [1.807, 2.05) is 35.0 Å². The fraction of sp³-hybridized carbons (Fsp3) is 0.423. The van der Waals surface area contributed by atoms with Crippen LogP contribution in [0.2, 0.25) is 0 Å². The van der Waals surface area contributed by atoms with Crippen LogP contribution in [0, 0.1) is 5.92 Å². The van der Waals surface area contributed by atoms with Crippen molar-refractivity contribution < 1.29 is 9.47 Å². The molecule has 3 aromatic rings. The van der Waals surface area contributed by atoms with Crippen molar-refractivity contribution in [2.45, 2.75) is 26.5 Å². The number of nitrogens with one attached hydrogen (secondary N) is 1. The molecule has 1 fully saturated rings. The summed E-state index contributed by atoms with van der Waals surface area (Å²) in [6.45, 7) is 10.1. The zero-order valence-corrected chi connectivity index (χ0v) is 19.3. The molecule has 1 atom stereocenters. The summed E-state index contributed by atoms with van der Waals surface area (Å²) in [5, 5.41) is 8.53. The third kappa shape index (κ3) is 5.76. The molecule has 0 aliphatic carbocycles. The Morgan fingerprint density at radius 2 is 1.91 bits per heavy atom. The van der Waals surface area contributed by atoms with Gasteiger partial charge in [0.1, 0.15) is 5.75 Å². The molecule has 1 aromatic heterocycles. The smallest absolute Gasteiger partial charge is 0.118 e. The Kier molecular flexibility index (Phi) is 7.58. The summed E-state index contributed by atoms with van der Waals surface area (Å²) >= 11 is 0. The van der Waals surface area contributed by atoms with Gasteiger partial charge < -0.3 is 14.8 Å². The molecule has 6 nitrogen and oxygen atoms in total. The van der Waals surface area contributed by atoms with Gasteiger partial charge >= 0.3 is 0 Å². The van der Waals surface area contributed by atoms with Crippen LogP contribution >= 0.6 is 0 Å². The minimum Gasteiger partial charge on any atom is -0.497 e. The van der Waals surface area contributed by atoms with Gasteiger partial charge in [-0.05, 0) is 42.3 Å². The van der Waals surface area contributed by atoms with Gasteiger partial charge in [-0.3, -0.25) is 4.90 Å². The molecule has 0 unspecified atom stereocenters. The molecule has 0 bridgehead atoms. The molecular weight excluding hydrogens is 400 g/mol. The molecule has 170 valence electrons. The maximum Gasteiger partial charge on any atom is 0.118 e. The lowest BCUT2D eigenvalue weighted by Crippen LogP contribution is -2.47. The molecular formula is C26H34N4O2. The number of para-hydroxylation sites is 1. The van der Waals surface area contributed by atoms with Crippen molar-refractivity contribution in [3.8, 4) is 22.7 Å². The molecule has 2 heterocycles. The van der Waals surface area contributed by atoms with Crippen LogP contribution in [0.4, 0.5) is 0 Å². The summed E-state index contributed by atoms with van der Waals surface area (Å²) in [5.74, 6) is 1.52. The highest BCUT2D eigenvalue weighted by Gasteiger charge is 2.21. The highest BCUT2D eigenvalue weighted by atomic mass is 16.5. The number of aromatic nitrogens is 2. The van der Waals surface area contributed by atoms with Crippen molar-refractivity contribution in [1.29, 1.82) is 0 Å². The van der Waals surface area contributed by atoms with E-state index >= 15 is 0 Å². The van der Waals surface area contributed by atoms with Gasteiger partial charge in [0, 0.05) is 50.0 Å². The molecule has 0 amide bonds. The van der Waals surface area contributed by atoms with Gasteiger partial charge in [0.2, 0.25) is 0 Å². The van der Waals surface area contributed by atoms with E-state index in [1.54, 1.807) is 7.11 Å². The first-order chi connectivity index (χ1) is 15.6. The first-order valence-corrected chi connectivity index (χ1v) is 11.5. The zero-order chi connectivity index (χ0) is 22.3. The fourth-order valence-corrected chi connectivity index (χ4v) is 4.20. The van der Waals surface area contributed by atoms with Gasteiger partial charge in [-0.1, -0.05) is 32.0 Å². The average molecular weight is 435 g/mol. The summed E-state index contributed by atoms with van der Waals surface area (Å²) < 4.78 is 13.3. The van der Waals surface area contributed by atoms with Crippen LogP contribution in [0.25, 0.3) is 16.9 Å². The number of hydrogen-bond donors (Lipinski definition) is 1. The maximum atomic E-state index is 6.00. The van der Waals surface area contributed by atoms with E-state index in [2.05, 4.69) is 54.5 Å². The van der Waals surface area contributed by atoms with Gasteiger partial charge in [0.15, 0.2) is 0 Å². The van der Waals surface area contributed by atoms with Crippen molar-refractivity contribution in [3.63, 3.8) is 0 Å². The Morgan fingerprint density at radius 1 is 1.12 bits per heavy atom. The highest BCUT2D eigenvalue weighted by molar-refractivity contribution is 5.64. The predicted molar refractivity (Wildman–Crippen MR) is 128 cm³/mol. The van der Waals surface area contributed by atoms with Crippen molar-refractivity contribution in [1.82, 2.24) is 20.0 Å². The van der Waals surface area contributed by atoms with Crippen LogP contribution in [-0.2, 0) is 11.3 Å². The van der Waals surface area contributed by atoms with Crippen LogP contribution < -0.4 is 10.1 Å². The van der Waals surface area contributed by atoms with E-state index in [9.17, 15) is 0 Å². The Labute approximate surface area is 191 Å². The highest BCUT2D eigenvalue weighted by Crippen LogP contribution is 2.26. The Balaban J connectivity index is 1.47. The Morgan fingerprint density at radius 3 is 2.62 bits per heavy atom. The van der Waals surface area contributed by atoms with E-state index in [-0.39, 0.29) is 6.10 Å². The summed E-state index contributed by atoms with van der Waals surface area (Å²) in [4.78, 5) is 2.51. The largest absolute Gasteiger partial charge is 0.497 e. The number of rotatable bonds is 9. The van der Waals surface area contributed by atoms with Gasteiger partial charge in [0.05, 0.1) is 31.2 Å². The molecule has 1 aliphatic rings. The lowest BCUT2D eigenvalue weighted by Gasteiger charge is -2.34. The third-order valence-corrected chi connectivity index (χ3v) is 5.71. The maximum absolute atomic E-state index is 6.00. The number of morpholine rings is 1. The first-order valence-electron chi connectivity index (χ1n) is 11.5. The van der Waals surface area contributed by atoms with Crippen LogP contribution in [0.15, 0.2) is 60.8 Å². The van der Waals surface area contributed by atoms with Crippen LogP contribution in [0.3, 0.4) is 0 Å². The minimum absolute atomic E-state index is 0.219. The third-order valence-electron chi connectivity index (χ3n) is 5.71. The lowest BCUT2D eigenvalue weighted by molar-refractivity contribution is -0.0303. The summed E-state index contributed by atoms with van der Waals surface area (Å²) in [5.41, 5.74) is 4.27. The van der Waals surface area contributed by atoms with Gasteiger partial charge in [-0.15, -0.1) is 0 Å². The fourth-order valence-electron chi connectivity index (χ4n) is 4.20. The molecule has 1 N–H and O–H groups in total. The second-order valence-corrected chi connectivity index (χ2v) is 8.79. The van der Waals surface area contributed by atoms with E-state index in [0.717, 1.165) is 67.6 Å². The minimum atomic E-state index is 0.219. The molecule has 0 saturated carbocycles. The second kappa shape index (κ2) is 10.8. The lowest BCUT2D eigenvalue weighted by atomic mass is 10.1. The summed E-state index contributed by atoms with van der Waals surface area (Å²) in [6, 6.07) is 18.3. The zero-order valence-electron chi connectivity index (χ0n) is 19.3. The van der Waals surface area contributed by atoms with Crippen LogP contribution in [0.5, 0.6) is 5.75 Å². The standard InChI is InChI=1S/C26H34N4O2/c1-20(2)17-29-13-14-32-25(19-29)16-27-15-22-18-30(23-7-5-4-6-8-23)28-26(22)21-9-11-24(31-3)12-10-21/h4-12,18,20,25,27H,13-17,19H2,1-3H3/t25-/m0/s1. The molecule has 0 spiro atoms. The Bertz CT molecular complexity index is 969. The average Bonchev–Trinajstić information content (AvgIpc) is 3.24. The summed E-state index contributed by atoms with van der Waals surface area (Å²) in [7, 11) is 1.68. The van der Waals surface area contributed by atoms with Crippen molar-refractivity contribution >= 4 is 0 Å². The van der Waals surface area contributed by atoms with Gasteiger partial charge in [-0.2, -0.15) is 5.10 Å². The van der Waals surface area contributed by atoms with Crippen molar-refractivity contribution in [2.75, 3.05) is 39.9 Å². The van der Waals surface area contributed by atoms with E-state index < -0.39 is 0 Å². The molecule has 1 saturated heterocycles. The predicted octanol–water partition coefficient (Wildman–Crippen LogP) is 3.99. The topological polar surface area (TPSA) is 51.5 Å². The van der Waals surface area contributed by atoms with Crippen molar-refractivity contribution in [3.05, 3.63) is 66.4 Å². The first kappa shape index (κ1) is 22.5. The van der Waals surface area contributed by atoms with Gasteiger partial charge in [0.25, 0.3) is 0 Å². The van der Waals surface area contributed by atoms with Crippen LogP contribution in [0.1, 0.15) is 19.4 Å². The van der Waals surface area contributed by atoms with Crippen LogP contribution in [-0.4, -0.2) is 60.7 Å². The Hall–Kier alpha value is -2.67. The molecule has 1 aliphatic heterocycles. The number of nitrogens with zero attached hydrogens (tertiary/aromatic N) is 3. The molecule has 2 aromatic carbocycles. The molecule has 0 radical (unpaired) electrons. The second-order valence-electron chi connectivity index (χ2n) is 8.79. The number of hydrogen-bond acceptors (Lipinski definition) is 5. The SMILES string of the molecule is COc1ccc(-c2nn(-c3ccccc3)cc2CNC[C@H]2CN(CC(C)C)CCO2)cc1. The van der Waals surface area contributed by atoms with Crippen molar-refractivity contribution in [2.24, 2.45) is 5.92 Å². The molecule has 32 heavy (non-hydrogen) atoms. The quantitative estimate of drug-likeness (QED) is 0.552. The van der Waals surface area contributed by atoms with E-state index in [0.29, 0.717) is 5.92 Å². The van der Waals surface area contributed by atoms with E-state index in [1.165, 1.54) is 0 Å². The summed E-state index contributed by atoms with van der Waals surface area (Å²) in [6.07, 6.45) is 2.34. The van der Waals surface area contributed by atoms with Gasteiger partial charge in [-0.25, -0.2) is 4.68 Å². The monoisotopic (exact) mass is 434 g/mol. The van der Waals surface area contributed by atoms with E-state index in [4.69, 9.17) is 14.6 Å². The molecule has 6 heteroatoms. The number of benzene rings is 2. The molecule has 4 rings (SSSR count). The number of methoxy groups -OCH3 is 1. The number of ether oxygens (including phenoxy) is 2.